The Bertz CT molecular complexity index is 951. The predicted molar refractivity (Wildman–Crippen MR) is 118 cm³/mol. The van der Waals surface area contributed by atoms with Gasteiger partial charge in [-0.05, 0) is 31.0 Å². The van der Waals surface area contributed by atoms with Gasteiger partial charge in [-0.15, -0.1) is 0 Å². The van der Waals surface area contributed by atoms with E-state index in [9.17, 15) is 9.59 Å². The van der Waals surface area contributed by atoms with Gasteiger partial charge in [-0.1, -0.05) is 13.3 Å². The molecule has 0 aliphatic carbocycles. The number of rotatable bonds is 8. The minimum Gasteiger partial charge on any atom is -0.495 e. The van der Waals surface area contributed by atoms with E-state index in [0.717, 1.165) is 37.3 Å². The molecule has 1 saturated heterocycles. The van der Waals surface area contributed by atoms with E-state index >= 15 is 0 Å². The molecule has 1 aromatic heterocycles. The van der Waals surface area contributed by atoms with Gasteiger partial charge in [0.25, 0.3) is 0 Å². The smallest absolute Gasteiger partial charge is 0.409 e. The number of benzene rings is 1. The van der Waals surface area contributed by atoms with Crippen LogP contribution in [0.1, 0.15) is 32.4 Å². The molecular formula is C21H28N6O4. The largest absolute Gasteiger partial charge is 0.495 e. The van der Waals surface area contributed by atoms with Crippen molar-refractivity contribution in [1.29, 1.82) is 0 Å². The van der Waals surface area contributed by atoms with E-state index in [1.807, 2.05) is 6.07 Å². The summed E-state index contributed by atoms with van der Waals surface area (Å²) in [5, 5.41) is 17.5. The van der Waals surface area contributed by atoms with E-state index in [0.29, 0.717) is 29.6 Å². The van der Waals surface area contributed by atoms with Crippen molar-refractivity contribution in [2.24, 2.45) is 0 Å². The Hall–Kier alpha value is -3.56. The first-order valence-corrected chi connectivity index (χ1v) is 10.2. The van der Waals surface area contributed by atoms with Gasteiger partial charge in [-0.25, -0.2) is 9.78 Å². The summed E-state index contributed by atoms with van der Waals surface area (Å²) in [5.41, 5.74) is 1.86. The summed E-state index contributed by atoms with van der Waals surface area (Å²) < 4.78 is 5.21. The molecule has 166 valence electrons. The molecule has 2 heterocycles. The molecule has 1 aliphatic heterocycles. The highest BCUT2D eigenvalue weighted by Gasteiger charge is 2.25. The highest BCUT2D eigenvalue weighted by Crippen LogP contribution is 2.29. The zero-order valence-corrected chi connectivity index (χ0v) is 17.9. The highest BCUT2D eigenvalue weighted by atomic mass is 16.5. The van der Waals surface area contributed by atoms with Crippen LogP contribution < -0.4 is 25.6 Å². The van der Waals surface area contributed by atoms with Gasteiger partial charge >= 0.3 is 6.09 Å². The lowest BCUT2D eigenvalue weighted by Gasteiger charge is -2.20. The van der Waals surface area contributed by atoms with Crippen LogP contribution in [0.2, 0.25) is 0 Å². The lowest BCUT2D eigenvalue weighted by molar-refractivity contribution is -0.119. The van der Waals surface area contributed by atoms with E-state index in [-0.39, 0.29) is 11.9 Å². The van der Waals surface area contributed by atoms with Crippen LogP contribution in [0.3, 0.4) is 0 Å². The van der Waals surface area contributed by atoms with Gasteiger partial charge in [0, 0.05) is 43.5 Å². The van der Waals surface area contributed by atoms with Crippen molar-refractivity contribution in [1.82, 2.24) is 15.3 Å². The van der Waals surface area contributed by atoms with Crippen molar-refractivity contribution < 1.29 is 19.4 Å². The van der Waals surface area contributed by atoms with E-state index in [4.69, 9.17) is 9.84 Å². The molecular weight excluding hydrogens is 400 g/mol. The van der Waals surface area contributed by atoms with Gasteiger partial charge in [0.2, 0.25) is 11.9 Å². The molecule has 2 aromatic rings. The third kappa shape index (κ3) is 5.97. The number of nitrogens with one attached hydrogen (secondary N) is 3. The summed E-state index contributed by atoms with van der Waals surface area (Å²) in [6.07, 6.45) is 1.43. The molecule has 10 nitrogen and oxygen atoms in total. The van der Waals surface area contributed by atoms with Crippen molar-refractivity contribution in [2.45, 2.75) is 39.2 Å². The highest BCUT2D eigenvalue weighted by molar-refractivity contribution is 5.86. The van der Waals surface area contributed by atoms with Crippen molar-refractivity contribution >= 4 is 35.1 Å². The lowest BCUT2D eigenvalue weighted by Crippen LogP contribution is -2.35. The first kappa shape index (κ1) is 22.1. The van der Waals surface area contributed by atoms with Crippen LogP contribution >= 0.6 is 0 Å². The van der Waals surface area contributed by atoms with Crippen LogP contribution in [0.5, 0.6) is 5.75 Å². The Morgan fingerprint density at radius 1 is 1.29 bits per heavy atom. The van der Waals surface area contributed by atoms with Crippen molar-refractivity contribution in [2.75, 3.05) is 35.7 Å². The molecule has 1 aliphatic rings. The number of hydrogen-bond acceptors (Lipinski definition) is 7. The van der Waals surface area contributed by atoms with E-state index in [1.54, 1.807) is 18.2 Å². The molecule has 1 unspecified atom stereocenters. The molecule has 31 heavy (non-hydrogen) atoms. The van der Waals surface area contributed by atoms with Gasteiger partial charge in [0.1, 0.15) is 11.6 Å². The van der Waals surface area contributed by atoms with Crippen LogP contribution in [0.4, 0.5) is 27.9 Å². The van der Waals surface area contributed by atoms with E-state index < -0.39 is 6.09 Å². The first-order valence-electron chi connectivity index (χ1n) is 10.2. The van der Waals surface area contributed by atoms with Gasteiger partial charge < -0.3 is 25.4 Å². The van der Waals surface area contributed by atoms with Crippen LogP contribution in [0.15, 0.2) is 24.3 Å². The number of ether oxygens (including phenoxy) is 1. The Labute approximate surface area is 181 Å². The molecule has 0 saturated carbocycles. The fraction of sp³-hybridized carbons (Fsp3) is 0.429. The molecule has 1 atom stereocenters. The summed E-state index contributed by atoms with van der Waals surface area (Å²) in [4.78, 5) is 33.8. The molecule has 10 heteroatoms. The summed E-state index contributed by atoms with van der Waals surface area (Å²) in [5.74, 6) is 1.60. The normalized spacial score (nSPS) is 15.5. The maximum Gasteiger partial charge on any atom is 0.409 e. The molecule has 0 bridgehead atoms. The molecule has 4 N–H and O–H groups in total. The zero-order chi connectivity index (χ0) is 22.4. The number of hydrogen-bond donors (Lipinski definition) is 4. The van der Waals surface area contributed by atoms with Gasteiger partial charge in [0.15, 0.2) is 0 Å². The van der Waals surface area contributed by atoms with Crippen LogP contribution in [0, 0.1) is 0 Å². The second-order valence-corrected chi connectivity index (χ2v) is 7.39. The molecule has 1 aromatic carbocycles. The average Bonchev–Trinajstić information content (AvgIpc) is 3.16. The Kier molecular flexibility index (Phi) is 7.11. The maximum absolute atomic E-state index is 11.4. The van der Waals surface area contributed by atoms with Crippen molar-refractivity contribution in [3.63, 3.8) is 0 Å². The summed E-state index contributed by atoms with van der Waals surface area (Å²) >= 11 is 0. The van der Waals surface area contributed by atoms with Gasteiger partial charge in [0.05, 0.1) is 12.8 Å². The third-order valence-corrected chi connectivity index (χ3v) is 4.89. The number of carbonyl (C=O) groups excluding carboxylic acids is 1. The van der Waals surface area contributed by atoms with Crippen molar-refractivity contribution in [3.8, 4) is 5.75 Å². The van der Waals surface area contributed by atoms with Crippen LogP contribution in [-0.4, -0.2) is 53.3 Å². The summed E-state index contributed by atoms with van der Waals surface area (Å²) in [7, 11) is 1.48. The third-order valence-electron chi connectivity index (χ3n) is 4.89. The number of anilines is 4. The quantitative estimate of drug-likeness (QED) is 0.505. The number of amides is 2. The van der Waals surface area contributed by atoms with E-state index in [2.05, 4.69) is 37.7 Å². The van der Waals surface area contributed by atoms with Crippen LogP contribution in [0.25, 0.3) is 0 Å². The second kappa shape index (κ2) is 9.96. The number of carboxylic acid groups (broad SMARTS) is 1. The predicted octanol–water partition coefficient (Wildman–Crippen LogP) is 2.99. The summed E-state index contributed by atoms with van der Waals surface area (Å²) in [6, 6.07) is 7.15. The maximum atomic E-state index is 11.4. The molecule has 1 fully saturated rings. The molecule has 2 amide bonds. The fourth-order valence-corrected chi connectivity index (χ4v) is 3.59. The number of aryl methyl sites for hydroxylation is 1. The monoisotopic (exact) mass is 428 g/mol. The molecule has 0 spiro atoms. The number of nitrogens with zero attached hydrogens (tertiary/aromatic N) is 3. The number of carbonyl (C=O) groups is 2. The lowest BCUT2D eigenvalue weighted by atomic mass is 10.2. The number of aromatic nitrogens is 2. The number of methoxy groups -OCH3 is 1. The Morgan fingerprint density at radius 3 is 2.77 bits per heavy atom. The van der Waals surface area contributed by atoms with Crippen molar-refractivity contribution in [3.05, 3.63) is 30.0 Å². The standard InChI is InChI=1S/C21H28N6O4/c1-4-5-14-11-19(27-9-8-16(12-27)22-13(2)28)26-20(23-14)24-15-6-7-18(31-3)17(10-15)25-21(29)30/h6-7,10-11,16,25H,4-5,8-9,12H2,1-3H3,(H,22,28)(H,29,30)(H,23,24,26). The average molecular weight is 428 g/mol. The SMILES string of the molecule is CCCc1cc(N2CCC(NC(C)=O)C2)nc(Nc2ccc(OC)c(NC(=O)O)c2)n1. The van der Waals surface area contributed by atoms with Gasteiger partial charge in [-0.3, -0.25) is 10.1 Å². The summed E-state index contributed by atoms with van der Waals surface area (Å²) in [6.45, 7) is 5.10. The minimum atomic E-state index is -1.18. The van der Waals surface area contributed by atoms with Gasteiger partial charge in [-0.2, -0.15) is 4.98 Å². The zero-order valence-electron chi connectivity index (χ0n) is 17.9. The van der Waals surface area contributed by atoms with Crippen LogP contribution in [-0.2, 0) is 11.2 Å². The topological polar surface area (TPSA) is 129 Å². The Morgan fingerprint density at radius 2 is 2.10 bits per heavy atom. The van der Waals surface area contributed by atoms with E-state index in [1.165, 1.54) is 14.0 Å². The second-order valence-electron chi connectivity index (χ2n) is 7.39. The molecule has 3 rings (SSSR count). The first-order chi connectivity index (χ1) is 14.9. The Balaban J connectivity index is 1.84. The minimum absolute atomic E-state index is 0.0335. The fourth-order valence-electron chi connectivity index (χ4n) is 3.59. The molecule has 0 radical (unpaired) electrons.